The number of aromatic nitrogens is 1. The molecular formula is C10H16BrN3. The molecule has 0 aliphatic carbocycles. The van der Waals surface area contributed by atoms with Crippen LogP contribution in [0.1, 0.15) is 5.56 Å². The fourth-order valence-electron chi connectivity index (χ4n) is 1.04. The Kier molecular flexibility index (Phi) is 4.35. The van der Waals surface area contributed by atoms with Crippen LogP contribution in [-0.4, -0.2) is 37.1 Å². The van der Waals surface area contributed by atoms with Crippen molar-refractivity contribution in [1.29, 1.82) is 0 Å². The predicted octanol–water partition coefficient (Wildman–Crippen LogP) is 2.13. The van der Waals surface area contributed by atoms with Crippen LogP contribution in [0.15, 0.2) is 16.7 Å². The summed E-state index contributed by atoms with van der Waals surface area (Å²) in [6.07, 6.45) is 1.83. The van der Waals surface area contributed by atoms with E-state index >= 15 is 0 Å². The molecule has 3 nitrogen and oxygen atoms in total. The van der Waals surface area contributed by atoms with Crippen LogP contribution in [0.2, 0.25) is 0 Å². The summed E-state index contributed by atoms with van der Waals surface area (Å²) < 4.78 is 1.05. The largest absolute Gasteiger partial charge is 0.369 e. The van der Waals surface area contributed by atoms with Crippen molar-refractivity contribution in [2.75, 3.05) is 32.5 Å². The van der Waals surface area contributed by atoms with E-state index in [1.54, 1.807) is 0 Å². The molecule has 4 heteroatoms. The smallest absolute Gasteiger partial charge is 0.126 e. The van der Waals surface area contributed by atoms with E-state index in [-0.39, 0.29) is 0 Å². The second-order valence-electron chi connectivity index (χ2n) is 3.55. The molecule has 1 N–H and O–H groups in total. The van der Waals surface area contributed by atoms with Gasteiger partial charge in [-0.25, -0.2) is 4.98 Å². The zero-order chi connectivity index (χ0) is 10.6. The molecule has 14 heavy (non-hydrogen) atoms. The van der Waals surface area contributed by atoms with Crippen molar-refractivity contribution in [1.82, 2.24) is 9.88 Å². The lowest BCUT2D eigenvalue weighted by Gasteiger charge is -2.11. The van der Waals surface area contributed by atoms with Crippen molar-refractivity contribution in [3.63, 3.8) is 0 Å². The number of halogens is 1. The number of likely N-dealkylation sites (N-methyl/N-ethyl adjacent to an activating group) is 1. The Balaban J connectivity index is 2.47. The Hall–Kier alpha value is -0.610. The van der Waals surface area contributed by atoms with E-state index in [9.17, 15) is 0 Å². The zero-order valence-electron chi connectivity index (χ0n) is 8.84. The lowest BCUT2D eigenvalue weighted by Crippen LogP contribution is -2.21. The highest BCUT2D eigenvalue weighted by Crippen LogP contribution is 2.16. The zero-order valence-corrected chi connectivity index (χ0v) is 10.4. The number of hydrogen-bond donors (Lipinski definition) is 1. The van der Waals surface area contributed by atoms with Gasteiger partial charge in [0, 0.05) is 23.8 Å². The molecule has 0 atom stereocenters. The molecule has 1 heterocycles. The first-order valence-corrected chi connectivity index (χ1v) is 5.39. The predicted molar refractivity (Wildman–Crippen MR) is 63.7 cm³/mol. The van der Waals surface area contributed by atoms with Gasteiger partial charge >= 0.3 is 0 Å². The maximum absolute atomic E-state index is 4.26. The molecule has 0 radical (unpaired) electrons. The van der Waals surface area contributed by atoms with Gasteiger partial charge in [0.25, 0.3) is 0 Å². The van der Waals surface area contributed by atoms with Gasteiger partial charge in [0.1, 0.15) is 5.82 Å². The molecule has 0 aromatic carbocycles. The van der Waals surface area contributed by atoms with Crippen LogP contribution >= 0.6 is 15.9 Å². The maximum Gasteiger partial charge on any atom is 0.126 e. The first-order chi connectivity index (χ1) is 6.59. The van der Waals surface area contributed by atoms with Crippen LogP contribution < -0.4 is 5.32 Å². The van der Waals surface area contributed by atoms with E-state index in [1.807, 2.05) is 12.3 Å². The van der Waals surface area contributed by atoms with Gasteiger partial charge in [-0.05, 0) is 48.6 Å². The van der Waals surface area contributed by atoms with Gasteiger partial charge in [-0.1, -0.05) is 0 Å². The Morgan fingerprint density at radius 3 is 2.79 bits per heavy atom. The Morgan fingerprint density at radius 2 is 2.21 bits per heavy atom. The molecule has 0 bridgehead atoms. The second kappa shape index (κ2) is 5.32. The summed E-state index contributed by atoms with van der Waals surface area (Å²) in [6.45, 7) is 3.99. The molecule has 0 aliphatic heterocycles. The highest BCUT2D eigenvalue weighted by molar-refractivity contribution is 9.10. The summed E-state index contributed by atoms with van der Waals surface area (Å²) in [5, 5.41) is 3.27. The molecule has 78 valence electrons. The highest BCUT2D eigenvalue weighted by atomic mass is 79.9. The molecule has 0 amide bonds. The molecule has 1 rings (SSSR count). The number of nitrogens with one attached hydrogen (secondary N) is 1. The molecule has 0 fully saturated rings. The third kappa shape index (κ3) is 3.64. The summed E-state index contributed by atoms with van der Waals surface area (Å²) in [5.74, 6) is 0.938. The Bertz CT molecular complexity index is 299. The second-order valence-corrected chi connectivity index (χ2v) is 4.40. The van der Waals surface area contributed by atoms with E-state index in [1.165, 1.54) is 5.56 Å². The number of aryl methyl sites for hydroxylation is 1. The minimum absolute atomic E-state index is 0.918. The van der Waals surface area contributed by atoms with Crippen molar-refractivity contribution in [2.24, 2.45) is 0 Å². The molecule has 1 aromatic rings. The lowest BCUT2D eigenvalue weighted by atomic mass is 10.3. The van der Waals surface area contributed by atoms with Gasteiger partial charge in [-0.15, -0.1) is 0 Å². The molecule has 0 aliphatic rings. The molecular weight excluding hydrogens is 242 g/mol. The number of anilines is 1. The topological polar surface area (TPSA) is 28.2 Å². The van der Waals surface area contributed by atoms with Crippen molar-refractivity contribution in [2.45, 2.75) is 6.92 Å². The maximum atomic E-state index is 4.26. The lowest BCUT2D eigenvalue weighted by molar-refractivity contribution is 0.425. The number of pyridine rings is 1. The monoisotopic (exact) mass is 257 g/mol. The van der Waals surface area contributed by atoms with E-state index in [2.05, 4.69) is 52.1 Å². The third-order valence-electron chi connectivity index (χ3n) is 1.91. The van der Waals surface area contributed by atoms with E-state index < -0.39 is 0 Å². The molecule has 1 aromatic heterocycles. The summed E-state index contributed by atoms with van der Waals surface area (Å²) in [4.78, 5) is 6.40. The minimum Gasteiger partial charge on any atom is -0.369 e. The summed E-state index contributed by atoms with van der Waals surface area (Å²) in [6, 6.07) is 2.04. The fourth-order valence-corrected chi connectivity index (χ4v) is 1.26. The van der Waals surface area contributed by atoms with Crippen molar-refractivity contribution in [3.8, 4) is 0 Å². The average molecular weight is 258 g/mol. The molecule has 0 unspecified atom stereocenters. The van der Waals surface area contributed by atoms with Gasteiger partial charge in [-0.3, -0.25) is 0 Å². The van der Waals surface area contributed by atoms with Crippen LogP contribution in [0, 0.1) is 6.92 Å². The quantitative estimate of drug-likeness (QED) is 0.896. The van der Waals surface area contributed by atoms with Crippen LogP contribution in [0.3, 0.4) is 0 Å². The molecule has 0 saturated carbocycles. The summed E-state index contributed by atoms with van der Waals surface area (Å²) in [5.41, 5.74) is 1.20. The SMILES string of the molecule is Cc1cc(NCCN(C)C)ncc1Br. The van der Waals surface area contributed by atoms with Gasteiger partial charge in [0.2, 0.25) is 0 Å². The average Bonchev–Trinajstić information content (AvgIpc) is 2.10. The fraction of sp³-hybridized carbons (Fsp3) is 0.500. The number of rotatable bonds is 4. The third-order valence-corrected chi connectivity index (χ3v) is 2.74. The van der Waals surface area contributed by atoms with E-state index in [4.69, 9.17) is 0 Å². The van der Waals surface area contributed by atoms with E-state index in [0.717, 1.165) is 23.4 Å². The Morgan fingerprint density at radius 1 is 1.50 bits per heavy atom. The van der Waals surface area contributed by atoms with Crippen molar-refractivity contribution >= 4 is 21.7 Å². The summed E-state index contributed by atoms with van der Waals surface area (Å²) >= 11 is 3.42. The number of hydrogen-bond acceptors (Lipinski definition) is 3. The minimum atomic E-state index is 0.918. The van der Waals surface area contributed by atoms with Crippen molar-refractivity contribution < 1.29 is 0 Å². The van der Waals surface area contributed by atoms with Gasteiger partial charge in [0.05, 0.1) is 0 Å². The highest BCUT2D eigenvalue weighted by Gasteiger charge is 1.98. The molecule has 0 saturated heterocycles. The van der Waals surface area contributed by atoms with Gasteiger partial charge in [-0.2, -0.15) is 0 Å². The van der Waals surface area contributed by atoms with Crippen LogP contribution in [0.25, 0.3) is 0 Å². The van der Waals surface area contributed by atoms with Gasteiger partial charge < -0.3 is 10.2 Å². The van der Waals surface area contributed by atoms with Crippen LogP contribution in [-0.2, 0) is 0 Å². The van der Waals surface area contributed by atoms with Crippen molar-refractivity contribution in [3.05, 3.63) is 22.3 Å². The van der Waals surface area contributed by atoms with E-state index in [0.29, 0.717) is 0 Å². The first-order valence-electron chi connectivity index (χ1n) is 4.60. The normalized spacial score (nSPS) is 10.6. The van der Waals surface area contributed by atoms with Crippen LogP contribution in [0.4, 0.5) is 5.82 Å². The van der Waals surface area contributed by atoms with Gasteiger partial charge in [0.15, 0.2) is 0 Å². The molecule has 0 spiro atoms. The summed E-state index contributed by atoms with van der Waals surface area (Å²) in [7, 11) is 4.11. The number of nitrogens with zero attached hydrogens (tertiary/aromatic N) is 2. The van der Waals surface area contributed by atoms with Crippen LogP contribution in [0.5, 0.6) is 0 Å². The first kappa shape index (κ1) is 11.5. The standard InChI is InChI=1S/C10H16BrN3/c1-8-6-10(13-7-9(8)11)12-4-5-14(2)3/h6-7H,4-5H2,1-3H3,(H,12,13). The Labute approximate surface area is 93.7 Å².